The average molecular weight is 267 g/mol. The summed E-state index contributed by atoms with van der Waals surface area (Å²) in [5.74, 6) is 1.11. The van der Waals surface area contributed by atoms with Crippen molar-refractivity contribution < 1.29 is 4.39 Å². The van der Waals surface area contributed by atoms with E-state index in [0.29, 0.717) is 10.8 Å². The molecule has 1 aromatic rings. The number of benzene rings is 1. The Morgan fingerprint density at radius 3 is 2.67 bits per heavy atom. The summed E-state index contributed by atoms with van der Waals surface area (Å²) in [6, 6.07) is 7.40. The van der Waals surface area contributed by atoms with Gasteiger partial charge in [-0.2, -0.15) is 11.8 Å². The maximum atomic E-state index is 12.9. The van der Waals surface area contributed by atoms with E-state index in [1.807, 2.05) is 12.1 Å². The molecule has 0 aromatic heterocycles. The van der Waals surface area contributed by atoms with E-state index in [0.717, 1.165) is 13.0 Å². The molecule has 1 heterocycles. The number of rotatable bonds is 5. The molecule has 0 spiro atoms. The molecule has 2 rings (SSSR count). The van der Waals surface area contributed by atoms with Crippen molar-refractivity contribution in [3.8, 4) is 0 Å². The molecule has 100 valence electrons. The van der Waals surface area contributed by atoms with Gasteiger partial charge in [-0.15, -0.1) is 0 Å². The Bertz CT molecular complexity index is 371. The van der Waals surface area contributed by atoms with E-state index in [9.17, 15) is 4.39 Å². The van der Waals surface area contributed by atoms with Gasteiger partial charge in [-0.3, -0.25) is 0 Å². The van der Waals surface area contributed by atoms with Crippen molar-refractivity contribution in [1.29, 1.82) is 0 Å². The Morgan fingerprint density at radius 2 is 2.11 bits per heavy atom. The molecule has 1 aliphatic heterocycles. The topological polar surface area (TPSA) is 12.0 Å². The minimum absolute atomic E-state index is 0.153. The molecule has 0 radical (unpaired) electrons. The Morgan fingerprint density at radius 1 is 1.39 bits per heavy atom. The Hall–Kier alpha value is -0.540. The van der Waals surface area contributed by atoms with E-state index in [4.69, 9.17) is 0 Å². The molecule has 2 atom stereocenters. The first-order valence-corrected chi connectivity index (χ1v) is 7.74. The zero-order chi connectivity index (χ0) is 13.0. The molecule has 0 bridgehead atoms. The molecule has 0 saturated carbocycles. The highest BCUT2D eigenvalue weighted by Crippen LogP contribution is 2.41. The second-order valence-corrected chi connectivity index (χ2v) is 6.84. The van der Waals surface area contributed by atoms with Crippen LogP contribution in [0.3, 0.4) is 0 Å². The summed E-state index contributed by atoms with van der Waals surface area (Å²) >= 11 is 2.08. The van der Waals surface area contributed by atoms with Gasteiger partial charge in [0.1, 0.15) is 5.82 Å². The van der Waals surface area contributed by atoms with Gasteiger partial charge >= 0.3 is 0 Å². The molecule has 3 heteroatoms. The third-order valence-corrected chi connectivity index (χ3v) is 5.43. The number of hydrogen-bond donors (Lipinski definition) is 1. The summed E-state index contributed by atoms with van der Waals surface area (Å²) in [5.41, 5.74) is 1.22. The fraction of sp³-hybridized carbons (Fsp3) is 0.600. The molecular formula is C15H22FNS. The third kappa shape index (κ3) is 3.27. The second-order valence-electron chi connectivity index (χ2n) is 5.21. The highest BCUT2D eigenvalue weighted by Gasteiger charge is 2.37. The molecule has 1 saturated heterocycles. The second kappa shape index (κ2) is 6.07. The van der Waals surface area contributed by atoms with Crippen molar-refractivity contribution in [2.24, 2.45) is 0 Å². The predicted octanol–water partition coefficient (Wildman–Crippen LogP) is 3.63. The minimum atomic E-state index is -0.153. The number of hydrogen-bond acceptors (Lipinski definition) is 2. The van der Waals surface area contributed by atoms with Crippen LogP contribution in [0.15, 0.2) is 24.3 Å². The molecule has 1 fully saturated rings. The summed E-state index contributed by atoms with van der Waals surface area (Å²) in [7, 11) is 0. The standard InChI is InChI=1S/C15H22FNS/c1-3-17-14(15(2)9-4-10-18-15)11-12-5-7-13(16)8-6-12/h5-8,14,17H,3-4,9-11H2,1-2H3. The third-order valence-electron chi connectivity index (χ3n) is 3.79. The van der Waals surface area contributed by atoms with Crippen molar-refractivity contribution >= 4 is 11.8 Å². The zero-order valence-electron chi connectivity index (χ0n) is 11.2. The Kier molecular flexibility index (Phi) is 4.68. The maximum absolute atomic E-state index is 12.9. The lowest BCUT2D eigenvalue weighted by Crippen LogP contribution is -2.46. The molecule has 0 aliphatic carbocycles. The summed E-state index contributed by atoms with van der Waals surface area (Å²) in [6.45, 7) is 5.50. The van der Waals surface area contributed by atoms with Crippen LogP contribution >= 0.6 is 11.8 Å². The fourth-order valence-corrected chi connectivity index (χ4v) is 4.09. The van der Waals surface area contributed by atoms with Gasteiger partial charge in [0.05, 0.1) is 0 Å². The molecule has 18 heavy (non-hydrogen) atoms. The number of nitrogens with one attached hydrogen (secondary N) is 1. The smallest absolute Gasteiger partial charge is 0.123 e. The number of thioether (sulfide) groups is 1. The lowest BCUT2D eigenvalue weighted by Gasteiger charge is -2.34. The first-order chi connectivity index (χ1) is 8.64. The van der Waals surface area contributed by atoms with Gasteiger partial charge < -0.3 is 5.32 Å². The van der Waals surface area contributed by atoms with Gasteiger partial charge in [-0.1, -0.05) is 19.1 Å². The molecule has 1 nitrogen and oxygen atoms in total. The van der Waals surface area contributed by atoms with Crippen molar-refractivity contribution in [2.75, 3.05) is 12.3 Å². The van der Waals surface area contributed by atoms with Gasteiger partial charge in [0.2, 0.25) is 0 Å². The number of likely N-dealkylation sites (N-methyl/N-ethyl adjacent to an activating group) is 1. The van der Waals surface area contributed by atoms with E-state index in [1.54, 1.807) is 12.1 Å². The molecule has 1 aromatic carbocycles. The van der Waals surface area contributed by atoms with Gasteiger partial charge in [0.15, 0.2) is 0 Å². The van der Waals surface area contributed by atoms with Gasteiger partial charge in [-0.05, 0) is 56.2 Å². The lowest BCUT2D eigenvalue weighted by atomic mass is 9.91. The highest BCUT2D eigenvalue weighted by atomic mass is 32.2. The van der Waals surface area contributed by atoms with E-state index in [1.165, 1.54) is 24.2 Å². The van der Waals surface area contributed by atoms with Gasteiger partial charge in [0.25, 0.3) is 0 Å². The minimum Gasteiger partial charge on any atom is -0.313 e. The van der Waals surface area contributed by atoms with Crippen LogP contribution in [0.5, 0.6) is 0 Å². The summed E-state index contributed by atoms with van der Waals surface area (Å²) < 4.78 is 13.3. The van der Waals surface area contributed by atoms with Crippen LogP contribution in [0.4, 0.5) is 4.39 Å². The van der Waals surface area contributed by atoms with E-state index in [-0.39, 0.29) is 5.82 Å². The van der Waals surface area contributed by atoms with Crippen LogP contribution in [0.25, 0.3) is 0 Å². The number of halogens is 1. The van der Waals surface area contributed by atoms with E-state index >= 15 is 0 Å². The zero-order valence-corrected chi connectivity index (χ0v) is 12.0. The van der Waals surface area contributed by atoms with Crippen molar-refractivity contribution in [2.45, 2.75) is 43.9 Å². The molecule has 1 N–H and O–H groups in total. The lowest BCUT2D eigenvalue weighted by molar-refractivity contribution is 0.406. The van der Waals surface area contributed by atoms with Crippen molar-refractivity contribution in [1.82, 2.24) is 5.32 Å². The summed E-state index contributed by atoms with van der Waals surface area (Å²) in [4.78, 5) is 0. The van der Waals surface area contributed by atoms with E-state index < -0.39 is 0 Å². The Balaban J connectivity index is 2.08. The van der Waals surface area contributed by atoms with Crippen LogP contribution in [0.1, 0.15) is 32.3 Å². The first-order valence-electron chi connectivity index (χ1n) is 6.76. The van der Waals surface area contributed by atoms with Crippen LogP contribution in [0, 0.1) is 5.82 Å². The first kappa shape index (κ1) is 13.9. The molecular weight excluding hydrogens is 245 g/mol. The molecule has 1 aliphatic rings. The van der Waals surface area contributed by atoms with Gasteiger partial charge in [0, 0.05) is 10.8 Å². The normalized spacial score (nSPS) is 25.3. The van der Waals surface area contributed by atoms with Crippen LogP contribution in [-0.2, 0) is 6.42 Å². The average Bonchev–Trinajstić information content (AvgIpc) is 2.80. The van der Waals surface area contributed by atoms with Crippen molar-refractivity contribution in [3.05, 3.63) is 35.6 Å². The predicted molar refractivity (Wildman–Crippen MR) is 77.7 cm³/mol. The van der Waals surface area contributed by atoms with E-state index in [2.05, 4.69) is 30.9 Å². The van der Waals surface area contributed by atoms with Crippen LogP contribution < -0.4 is 5.32 Å². The maximum Gasteiger partial charge on any atom is 0.123 e. The molecule has 2 unspecified atom stereocenters. The fourth-order valence-electron chi connectivity index (χ4n) is 2.68. The van der Waals surface area contributed by atoms with Crippen LogP contribution in [0.2, 0.25) is 0 Å². The van der Waals surface area contributed by atoms with Crippen LogP contribution in [-0.4, -0.2) is 23.1 Å². The molecule has 0 amide bonds. The van der Waals surface area contributed by atoms with Crippen molar-refractivity contribution in [3.63, 3.8) is 0 Å². The highest BCUT2D eigenvalue weighted by molar-refractivity contribution is 8.00. The van der Waals surface area contributed by atoms with Gasteiger partial charge in [-0.25, -0.2) is 4.39 Å². The Labute approximate surface area is 114 Å². The summed E-state index contributed by atoms with van der Waals surface area (Å²) in [6.07, 6.45) is 3.57. The SMILES string of the molecule is CCNC(Cc1ccc(F)cc1)C1(C)CCCS1. The monoisotopic (exact) mass is 267 g/mol. The summed E-state index contributed by atoms with van der Waals surface area (Å²) in [5, 5.41) is 3.61. The largest absolute Gasteiger partial charge is 0.313 e. The quantitative estimate of drug-likeness (QED) is 0.874.